The number of hydrogen-bond donors (Lipinski definition) is 2. The number of ether oxygens (including phenoxy) is 2. The van der Waals surface area contributed by atoms with Gasteiger partial charge in [-0.15, -0.1) is 12.4 Å². The summed E-state index contributed by atoms with van der Waals surface area (Å²) in [5.41, 5.74) is 1.90. The number of nitrogens with one attached hydrogen (secondary N) is 1. The van der Waals surface area contributed by atoms with Crippen LogP contribution in [0.4, 0.5) is 0 Å². The molecule has 1 aromatic carbocycles. The molecule has 25 heavy (non-hydrogen) atoms. The first kappa shape index (κ1) is 19.5. The van der Waals surface area contributed by atoms with Crippen LogP contribution in [0.3, 0.4) is 0 Å². The van der Waals surface area contributed by atoms with Crippen molar-refractivity contribution in [2.45, 2.75) is 38.5 Å². The fourth-order valence-corrected chi connectivity index (χ4v) is 2.82. The van der Waals surface area contributed by atoms with Crippen LogP contribution >= 0.6 is 12.4 Å². The molecule has 0 spiro atoms. The van der Waals surface area contributed by atoms with Crippen molar-refractivity contribution < 1.29 is 14.6 Å². The number of aliphatic hydroxyl groups excluding tert-OH is 1. The van der Waals surface area contributed by atoms with Crippen LogP contribution in [0.2, 0.25) is 0 Å². The summed E-state index contributed by atoms with van der Waals surface area (Å²) in [5.74, 6) is 1.50. The number of aromatic nitrogens is 1. The number of benzene rings is 1. The summed E-state index contributed by atoms with van der Waals surface area (Å²) in [4.78, 5) is 4.23. The van der Waals surface area contributed by atoms with Gasteiger partial charge in [0.1, 0.15) is 18.3 Å². The smallest absolute Gasteiger partial charge is 0.165 e. The fourth-order valence-electron chi connectivity index (χ4n) is 2.82. The van der Waals surface area contributed by atoms with E-state index in [-0.39, 0.29) is 24.6 Å². The Kier molecular flexibility index (Phi) is 6.64. The average molecular weight is 365 g/mol. The Balaban J connectivity index is 0.00000225. The highest BCUT2D eigenvalue weighted by Crippen LogP contribution is 2.41. The van der Waals surface area contributed by atoms with Crippen LogP contribution in [0, 0.1) is 0 Å². The first-order valence-corrected chi connectivity index (χ1v) is 8.26. The molecule has 6 heteroatoms. The number of para-hydroxylation sites is 1. The Morgan fingerprint density at radius 3 is 2.88 bits per heavy atom. The van der Waals surface area contributed by atoms with Crippen molar-refractivity contribution in [2.24, 2.45) is 0 Å². The summed E-state index contributed by atoms with van der Waals surface area (Å²) < 4.78 is 11.7. The van der Waals surface area contributed by atoms with Crippen molar-refractivity contribution in [3.63, 3.8) is 0 Å². The summed E-state index contributed by atoms with van der Waals surface area (Å²) in [6.45, 7) is 5.41. The van der Waals surface area contributed by atoms with Crippen molar-refractivity contribution in [3.8, 4) is 11.5 Å². The van der Waals surface area contributed by atoms with Gasteiger partial charge < -0.3 is 19.9 Å². The van der Waals surface area contributed by atoms with E-state index in [2.05, 4.69) is 30.2 Å². The molecule has 0 bridgehead atoms. The molecule has 0 saturated heterocycles. The number of fused-ring (bicyclic) bond motifs is 1. The lowest BCUT2D eigenvalue weighted by molar-refractivity contribution is 0.0970. The maximum absolute atomic E-state index is 10.1. The van der Waals surface area contributed by atoms with Crippen molar-refractivity contribution in [1.82, 2.24) is 10.3 Å². The zero-order chi connectivity index (χ0) is 17.0. The lowest BCUT2D eigenvalue weighted by atomic mass is 10.0. The third kappa shape index (κ3) is 5.33. The second-order valence-corrected chi connectivity index (χ2v) is 6.70. The molecule has 1 aliphatic rings. The highest BCUT2D eigenvalue weighted by Gasteiger charge is 2.32. The van der Waals surface area contributed by atoms with E-state index < -0.39 is 6.10 Å². The van der Waals surface area contributed by atoms with Crippen molar-refractivity contribution >= 4 is 12.4 Å². The Bertz CT molecular complexity index is 680. The molecule has 0 aliphatic carbocycles. The molecular weight excluding hydrogens is 340 g/mol. The van der Waals surface area contributed by atoms with E-state index in [1.807, 2.05) is 30.3 Å². The van der Waals surface area contributed by atoms with Crippen molar-refractivity contribution in [1.29, 1.82) is 0 Å². The Hall–Kier alpha value is -1.82. The van der Waals surface area contributed by atoms with E-state index in [9.17, 15) is 5.11 Å². The van der Waals surface area contributed by atoms with Crippen LogP contribution in [0.15, 0.2) is 42.6 Å². The van der Waals surface area contributed by atoms with Gasteiger partial charge in [0, 0.05) is 31.3 Å². The van der Waals surface area contributed by atoms with Gasteiger partial charge in [0.2, 0.25) is 0 Å². The summed E-state index contributed by atoms with van der Waals surface area (Å²) >= 11 is 0. The van der Waals surface area contributed by atoms with Crippen molar-refractivity contribution in [3.05, 3.63) is 53.9 Å². The van der Waals surface area contributed by atoms with E-state index in [0.29, 0.717) is 18.8 Å². The SMILES string of the molecule is CC1(C)Cc2cccc(OCC(O)CNCc3ccccn3)c2O1.Cl. The van der Waals surface area contributed by atoms with Crippen LogP contribution < -0.4 is 14.8 Å². The van der Waals surface area contributed by atoms with Gasteiger partial charge in [0.15, 0.2) is 11.5 Å². The van der Waals surface area contributed by atoms with E-state index in [0.717, 1.165) is 23.4 Å². The maximum atomic E-state index is 10.1. The maximum Gasteiger partial charge on any atom is 0.165 e. The van der Waals surface area contributed by atoms with Gasteiger partial charge >= 0.3 is 0 Å². The summed E-state index contributed by atoms with van der Waals surface area (Å²) in [5, 5.41) is 13.3. The number of halogens is 1. The van der Waals surface area contributed by atoms with Gasteiger partial charge in [-0.05, 0) is 32.0 Å². The van der Waals surface area contributed by atoms with Gasteiger partial charge in [-0.25, -0.2) is 0 Å². The standard InChI is InChI=1S/C19H24N2O3.ClH/c1-19(2)10-14-6-5-8-17(18(14)24-19)23-13-16(22)12-20-11-15-7-3-4-9-21-15;/h3-9,16,20,22H,10-13H2,1-2H3;1H. The molecule has 3 rings (SSSR count). The highest BCUT2D eigenvalue weighted by atomic mass is 35.5. The average Bonchev–Trinajstić information content (AvgIpc) is 2.88. The van der Waals surface area contributed by atoms with Gasteiger partial charge in [0.25, 0.3) is 0 Å². The minimum atomic E-state index is -0.598. The molecule has 0 amide bonds. The van der Waals surface area contributed by atoms with Gasteiger partial charge in [-0.2, -0.15) is 0 Å². The normalized spacial score (nSPS) is 15.6. The second-order valence-electron chi connectivity index (χ2n) is 6.70. The molecular formula is C19H25ClN2O3. The predicted molar refractivity (Wildman–Crippen MR) is 99.5 cm³/mol. The lowest BCUT2D eigenvalue weighted by Crippen LogP contribution is -2.31. The monoisotopic (exact) mass is 364 g/mol. The highest BCUT2D eigenvalue weighted by molar-refractivity contribution is 5.85. The predicted octanol–water partition coefficient (Wildman–Crippen LogP) is 2.75. The van der Waals surface area contributed by atoms with E-state index in [1.165, 1.54) is 0 Å². The number of nitrogens with zero attached hydrogens (tertiary/aromatic N) is 1. The van der Waals surface area contributed by atoms with Crippen LogP contribution in [-0.4, -0.2) is 34.9 Å². The first-order chi connectivity index (χ1) is 11.5. The Labute approximate surface area is 154 Å². The largest absolute Gasteiger partial charge is 0.487 e. The molecule has 1 atom stereocenters. The molecule has 0 fully saturated rings. The van der Waals surface area contributed by atoms with E-state index in [1.54, 1.807) is 6.20 Å². The van der Waals surface area contributed by atoms with E-state index >= 15 is 0 Å². The molecule has 1 unspecified atom stereocenters. The molecule has 1 aliphatic heterocycles. The first-order valence-electron chi connectivity index (χ1n) is 8.26. The lowest BCUT2D eigenvalue weighted by Gasteiger charge is -2.19. The molecule has 2 heterocycles. The zero-order valence-corrected chi connectivity index (χ0v) is 15.4. The molecule has 5 nitrogen and oxygen atoms in total. The van der Waals surface area contributed by atoms with Gasteiger partial charge in [-0.3, -0.25) is 4.98 Å². The molecule has 136 valence electrons. The topological polar surface area (TPSA) is 63.6 Å². The molecule has 2 aromatic rings. The van der Waals surface area contributed by atoms with Gasteiger partial charge in [-0.1, -0.05) is 18.2 Å². The molecule has 0 radical (unpaired) electrons. The van der Waals surface area contributed by atoms with Crippen LogP contribution in [-0.2, 0) is 13.0 Å². The Morgan fingerprint density at radius 1 is 1.28 bits per heavy atom. The van der Waals surface area contributed by atoms with Crippen molar-refractivity contribution in [2.75, 3.05) is 13.2 Å². The van der Waals surface area contributed by atoms with Crippen LogP contribution in [0.25, 0.3) is 0 Å². The quantitative estimate of drug-likeness (QED) is 0.791. The number of pyridine rings is 1. The molecule has 1 aromatic heterocycles. The third-order valence-electron chi connectivity index (χ3n) is 3.90. The number of rotatable bonds is 7. The molecule has 2 N–H and O–H groups in total. The summed E-state index contributed by atoms with van der Waals surface area (Å²) in [7, 11) is 0. The number of aliphatic hydroxyl groups is 1. The third-order valence-corrected chi connectivity index (χ3v) is 3.90. The number of hydrogen-bond acceptors (Lipinski definition) is 5. The molecule has 0 saturated carbocycles. The Morgan fingerprint density at radius 2 is 2.12 bits per heavy atom. The fraction of sp³-hybridized carbons (Fsp3) is 0.421. The zero-order valence-electron chi connectivity index (χ0n) is 14.6. The minimum Gasteiger partial charge on any atom is -0.487 e. The van der Waals surface area contributed by atoms with E-state index in [4.69, 9.17) is 9.47 Å². The second kappa shape index (κ2) is 8.52. The van der Waals surface area contributed by atoms with Gasteiger partial charge in [0.05, 0.1) is 5.69 Å². The summed E-state index contributed by atoms with van der Waals surface area (Å²) in [6, 6.07) is 11.7. The van der Waals surface area contributed by atoms with Crippen LogP contribution in [0.5, 0.6) is 11.5 Å². The minimum absolute atomic E-state index is 0. The van der Waals surface area contributed by atoms with Crippen LogP contribution in [0.1, 0.15) is 25.1 Å². The summed E-state index contributed by atoms with van der Waals surface area (Å²) in [6.07, 6.45) is 2.03.